The number of halogens is 1. The van der Waals surface area contributed by atoms with Crippen molar-refractivity contribution in [3.05, 3.63) is 64.7 Å². The highest BCUT2D eigenvalue weighted by molar-refractivity contribution is 6.30. The van der Waals surface area contributed by atoms with Crippen molar-refractivity contribution in [3.8, 4) is 5.75 Å². The summed E-state index contributed by atoms with van der Waals surface area (Å²) in [7, 11) is 0. The molecule has 6 heteroatoms. The third-order valence-electron chi connectivity index (χ3n) is 4.71. The smallest absolute Gasteiger partial charge is 0.260 e. The SMILES string of the molecule is Cc1cc(Cl)ccc1OCC(=O)N1CCC(NC(=O)c2ccccc2)CC1. The Hall–Kier alpha value is -2.53. The highest BCUT2D eigenvalue weighted by Gasteiger charge is 2.24. The number of carbonyl (C=O) groups excluding carboxylic acids is 2. The molecule has 0 spiro atoms. The van der Waals surface area contributed by atoms with E-state index in [4.69, 9.17) is 16.3 Å². The predicted octanol–water partition coefficient (Wildman–Crippen LogP) is 3.45. The Morgan fingerprint density at radius 3 is 2.52 bits per heavy atom. The van der Waals surface area contributed by atoms with Crippen LogP contribution < -0.4 is 10.1 Å². The first-order valence-electron chi connectivity index (χ1n) is 9.05. The lowest BCUT2D eigenvalue weighted by molar-refractivity contribution is -0.134. The highest BCUT2D eigenvalue weighted by atomic mass is 35.5. The van der Waals surface area contributed by atoms with Gasteiger partial charge in [-0.3, -0.25) is 9.59 Å². The number of nitrogens with zero attached hydrogens (tertiary/aromatic N) is 1. The van der Waals surface area contributed by atoms with Gasteiger partial charge in [0, 0.05) is 29.7 Å². The minimum Gasteiger partial charge on any atom is -0.483 e. The van der Waals surface area contributed by atoms with Gasteiger partial charge in [-0.15, -0.1) is 0 Å². The van der Waals surface area contributed by atoms with Crippen LogP contribution in [0.2, 0.25) is 5.02 Å². The van der Waals surface area contributed by atoms with Gasteiger partial charge >= 0.3 is 0 Å². The van der Waals surface area contributed by atoms with Crippen LogP contribution in [0.3, 0.4) is 0 Å². The number of rotatable bonds is 5. The summed E-state index contributed by atoms with van der Waals surface area (Å²) in [5.74, 6) is 0.553. The van der Waals surface area contributed by atoms with Crippen molar-refractivity contribution in [3.63, 3.8) is 0 Å². The molecule has 0 saturated carbocycles. The predicted molar refractivity (Wildman–Crippen MR) is 105 cm³/mol. The Bertz CT molecular complexity index is 802. The molecule has 0 atom stereocenters. The summed E-state index contributed by atoms with van der Waals surface area (Å²) < 4.78 is 5.64. The number of piperidine rings is 1. The third kappa shape index (κ3) is 5.23. The summed E-state index contributed by atoms with van der Waals surface area (Å²) in [5, 5.41) is 3.69. The van der Waals surface area contributed by atoms with Crippen LogP contribution >= 0.6 is 11.6 Å². The van der Waals surface area contributed by atoms with Gasteiger partial charge in [-0.05, 0) is 55.7 Å². The Morgan fingerprint density at radius 2 is 1.85 bits per heavy atom. The number of aryl methyl sites for hydroxylation is 1. The van der Waals surface area contributed by atoms with Gasteiger partial charge in [0.2, 0.25) is 0 Å². The molecule has 0 aliphatic carbocycles. The van der Waals surface area contributed by atoms with Crippen LogP contribution in [-0.2, 0) is 4.79 Å². The Kier molecular flexibility index (Phi) is 6.35. The van der Waals surface area contributed by atoms with Crippen molar-refractivity contribution < 1.29 is 14.3 Å². The van der Waals surface area contributed by atoms with Crippen molar-refractivity contribution in [2.45, 2.75) is 25.8 Å². The summed E-state index contributed by atoms with van der Waals surface area (Å²) in [6.07, 6.45) is 1.48. The molecule has 0 bridgehead atoms. The molecular formula is C21H23ClN2O3. The number of likely N-dealkylation sites (tertiary alicyclic amines) is 1. The summed E-state index contributed by atoms with van der Waals surface area (Å²) >= 11 is 5.93. The Morgan fingerprint density at radius 1 is 1.15 bits per heavy atom. The lowest BCUT2D eigenvalue weighted by Crippen LogP contribution is -2.47. The van der Waals surface area contributed by atoms with E-state index in [1.54, 1.807) is 29.2 Å². The van der Waals surface area contributed by atoms with E-state index in [0.29, 0.717) is 29.4 Å². The molecule has 0 radical (unpaired) electrons. The van der Waals surface area contributed by atoms with Crippen LogP contribution in [-0.4, -0.2) is 42.5 Å². The number of benzene rings is 2. The molecule has 1 aliphatic heterocycles. The van der Waals surface area contributed by atoms with Gasteiger partial charge in [0.15, 0.2) is 6.61 Å². The third-order valence-corrected chi connectivity index (χ3v) is 4.94. The quantitative estimate of drug-likeness (QED) is 0.856. The molecule has 1 N–H and O–H groups in total. The highest BCUT2D eigenvalue weighted by Crippen LogP contribution is 2.22. The maximum Gasteiger partial charge on any atom is 0.260 e. The molecule has 1 heterocycles. The van der Waals surface area contributed by atoms with E-state index in [0.717, 1.165) is 18.4 Å². The average Bonchev–Trinajstić information content (AvgIpc) is 2.68. The van der Waals surface area contributed by atoms with Gasteiger partial charge in [-0.1, -0.05) is 29.8 Å². The van der Waals surface area contributed by atoms with E-state index in [2.05, 4.69) is 5.32 Å². The summed E-state index contributed by atoms with van der Waals surface area (Å²) in [6.45, 7) is 3.12. The van der Waals surface area contributed by atoms with Crippen molar-refractivity contribution in [2.75, 3.05) is 19.7 Å². The molecule has 5 nitrogen and oxygen atoms in total. The van der Waals surface area contributed by atoms with E-state index < -0.39 is 0 Å². The lowest BCUT2D eigenvalue weighted by atomic mass is 10.0. The molecule has 0 aromatic heterocycles. The van der Waals surface area contributed by atoms with Crippen LogP contribution in [0.4, 0.5) is 0 Å². The standard InChI is InChI=1S/C21H23ClN2O3/c1-15-13-17(22)7-8-19(15)27-14-20(25)24-11-9-18(10-12-24)23-21(26)16-5-3-2-4-6-16/h2-8,13,18H,9-12,14H2,1H3,(H,23,26). The second-order valence-electron chi connectivity index (χ2n) is 6.69. The van der Waals surface area contributed by atoms with E-state index in [-0.39, 0.29) is 24.5 Å². The molecule has 0 unspecified atom stereocenters. The first-order valence-corrected chi connectivity index (χ1v) is 9.43. The van der Waals surface area contributed by atoms with Crippen LogP contribution in [0.15, 0.2) is 48.5 Å². The zero-order valence-electron chi connectivity index (χ0n) is 15.3. The van der Waals surface area contributed by atoms with E-state index >= 15 is 0 Å². The molecule has 2 aromatic rings. The van der Waals surface area contributed by atoms with Crippen molar-refractivity contribution in [2.24, 2.45) is 0 Å². The van der Waals surface area contributed by atoms with Gasteiger partial charge in [0.25, 0.3) is 11.8 Å². The molecule has 1 fully saturated rings. The van der Waals surface area contributed by atoms with Crippen LogP contribution in [0.1, 0.15) is 28.8 Å². The van der Waals surface area contributed by atoms with Gasteiger partial charge in [0.05, 0.1) is 0 Å². The molecule has 1 aliphatic rings. The number of carbonyl (C=O) groups is 2. The maximum atomic E-state index is 12.4. The molecule has 2 amide bonds. The van der Waals surface area contributed by atoms with E-state index in [1.165, 1.54) is 0 Å². The second kappa shape index (κ2) is 8.91. The minimum atomic E-state index is -0.0677. The van der Waals surface area contributed by atoms with Gasteiger partial charge in [0.1, 0.15) is 5.75 Å². The number of ether oxygens (including phenoxy) is 1. The zero-order chi connectivity index (χ0) is 19.2. The van der Waals surface area contributed by atoms with Gasteiger partial charge in [-0.2, -0.15) is 0 Å². The minimum absolute atomic E-state index is 0.00349. The van der Waals surface area contributed by atoms with Crippen LogP contribution in [0.5, 0.6) is 5.75 Å². The lowest BCUT2D eigenvalue weighted by Gasteiger charge is -2.32. The molecule has 3 rings (SSSR count). The molecule has 142 valence electrons. The fourth-order valence-electron chi connectivity index (χ4n) is 3.14. The Labute approximate surface area is 164 Å². The maximum absolute atomic E-state index is 12.4. The van der Waals surface area contributed by atoms with E-state index in [1.807, 2.05) is 31.2 Å². The van der Waals surface area contributed by atoms with Gasteiger partial charge < -0.3 is 15.0 Å². The number of hydrogen-bond donors (Lipinski definition) is 1. The first kappa shape index (κ1) is 19.2. The molecule has 2 aromatic carbocycles. The Balaban J connectivity index is 1.44. The van der Waals surface area contributed by atoms with Crippen LogP contribution in [0, 0.1) is 6.92 Å². The normalized spacial score (nSPS) is 14.7. The topological polar surface area (TPSA) is 58.6 Å². The summed E-state index contributed by atoms with van der Waals surface area (Å²) in [5.41, 5.74) is 1.56. The van der Waals surface area contributed by atoms with Crippen LogP contribution in [0.25, 0.3) is 0 Å². The molecule has 27 heavy (non-hydrogen) atoms. The number of amides is 2. The van der Waals surface area contributed by atoms with E-state index in [9.17, 15) is 9.59 Å². The van der Waals surface area contributed by atoms with Crippen molar-refractivity contribution >= 4 is 23.4 Å². The largest absolute Gasteiger partial charge is 0.483 e. The summed E-state index contributed by atoms with van der Waals surface area (Å²) in [4.78, 5) is 26.4. The number of hydrogen-bond acceptors (Lipinski definition) is 3. The van der Waals surface area contributed by atoms with Crippen molar-refractivity contribution in [1.82, 2.24) is 10.2 Å². The van der Waals surface area contributed by atoms with Gasteiger partial charge in [-0.25, -0.2) is 0 Å². The average molecular weight is 387 g/mol. The number of nitrogens with one attached hydrogen (secondary N) is 1. The molecule has 1 saturated heterocycles. The molecular weight excluding hydrogens is 364 g/mol. The fourth-order valence-corrected chi connectivity index (χ4v) is 3.36. The fraction of sp³-hybridized carbons (Fsp3) is 0.333. The first-order chi connectivity index (χ1) is 13.0. The van der Waals surface area contributed by atoms with Crippen molar-refractivity contribution in [1.29, 1.82) is 0 Å². The zero-order valence-corrected chi connectivity index (χ0v) is 16.0. The second-order valence-corrected chi connectivity index (χ2v) is 7.13. The monoisotopic (exact) mass is 386 g/mol. The summed E-state index contributed by atoms with van der Waals surface area (Å²) in [6, 6.07) is 14.6.